The van der Waals surface area contributed by atoms with Crippen LogP contribution in [-0.4, -0.2) is 45.7 Å². The van der Waals surface area contributed by atoms with Crippen LogP contribution in [0.2, 0.25) is 0 Å². The van der Waals surface area contributed by atoms with Gasteiger partial charge < -0.3 is 4.74 Å². The first-order chi connectivity index (χ1) is 16.5. The fourth-order valence-electron chi connectivity index (χ4n) is 4.29. The molecule has 0 N–H and O–H groups in total. The highest BCUT2D eigenvalue weighted by molar-refractivity contribution is 5.78. The summed E-state index contributed by atoms with van der Waals surface area (Å²) in [6.07, 6.45) is 4.74. The molecule has 0 unspecified atom stereocenters. The summed E-state index contributed by atoms with van der Waals surface area (Å²) in [6.45, 7) is 3.94. The summed E-state index contributed by atoms with van der Waals surface area (Å²) in [5, 5.41) is 4.36. The zero-order chi connectivity index (χ0) is 23.5. The van der Waals surface area contributed by atoms with E-state index in [1.54, 1.807) is 16.9 Å². The third kappa shape index (κ3) is 4.92. The van der Waals surface area contributed by atoms with Crippen LogP contribution in [-0.2, 0) is 6.18 Å². The Labute approximate surface area is 195 Å². The smallest absolute Gasteiger partial charge is 0.416 e. The minimum atomic E-state index is -4.36. The van der Waals surface area contributed by atoms with E-state index >= 15 is 0 Å². The lowest BCUT2D eigenvalue weighted by molar-refractivity contribution is -0.137. The van der Waals surface area contributed by atoms with Gasteiger partial charge in [0.25, 0.3) is 0 Å². The predicted molar refractivity (Wildman–Crippen MR) is 125 cm³/mol. The zero-order valence-electron chi connectivity index (χ0n) is 18.6. The number of benzene rings is 2. The standard InChI is InChI=1S/C26H25F3N4O/c27-26(28,29)22-8-4-20(5-9-22)24-17-31-33-18-21(16-30-25(24)33)19-6-10-23(11-7-19)34-15-14-32-12-2-1-3-13-32/h4-11,16-18H,1-3,12-15H2. The first kappa shape index (κ1) is 22.4. The summed E-state index contributed by atoms with van der Waals surface area (Å²) in [5.41, 5.74) is 3.08. The Hall–Kier alpha value is -3.39. The van der Waals surface area contributed by atoms with Crippen molar-refractivity contribution in [2.24, 2.45) is 0 Å². The van der Waals surface area contributed by atoms with Crippen molar-refractivity contribution >= 4 is 5.65 Å². The number of likely N-dealkylation sites (tertiary alicyclic amines) is 1. The van der Waals surface area contributed by atoms with Gasteiger partial charge in [-0.2, -0.15) is 18.3 Å². The second-order valence-corrected chi connectivity index (χ2v) is 8.52. The molecule has 0 saturated carbocycles. The van der Waals surface area contributed by atoms with Gasteiger partial charge in [0.15, 0.2) is 5.65 Å². The Morgan fingerprint density at radius 2 is 1.53 bits per heavy atom. The van der Waals surface area contributed by atoms with Crippen LogP contribution < -0.4 is 4.74 Å². The Morgan fingerprint density at radius 1 is 0.824 bits per heavy atom. The largest absolute Gasteiger partial charge is 0.492 e. The maximum atomic E-state index is 12.8. The Balaban J connectivity index is 1.27. The lowest BCUT2D eigenvalue weighted by Gasteiger charge is -2.26. The normalized spacial score (nSPS) is 15.0. The van der Waals surface area contributed by atoms with Gasteiger partial charge in [-0.25, -0.2) is 9.50 Å². The second kappa shape index (κ2) is 9.46. The van der Waals surface area contributed by atoms with Crippen LogP contribution >= 0.6 is 0 Å². The molecule has 5 nitrogen and oxygen atoms in total. The average molecular weight is 467 g/mol. The zero-order valence-corrected chi connectivity index (χ0v) is 18.6. The molecule has 8 heteroatoms. The van der Waals surface area contributed by atoms with E-state index in [-0.39, 0.29) is 0 Å². The summed E-state index contributed by atoms with van der Waals surface area (Å²) in [4.78, 5) is 6.98. The van der Waals surface area contributed by atoms with Crippen LogP contribution in [0.1, 0.15) is 24.8 Å². The maximum Gasteiger partial charge on any atom is 0.416 e. The van der Waals surface area contributed by atoms with E-state index in [2.05, 4.69) is 15.0 Å². The number of hydrogen-bond acceptors (Lipinski definition) is 4. The van der Waals surface area contributed by atoms with Crippen LogP contribution in [0.15, 0.2) is 67.1 Å². The van der Waals surface area contributed by atoms with E-state index < -0.39 is 11.7 Å². The molecule has 1 saturated heterocycles. The first-order valence-electron chi connectivity index (χ1n) is 11.4. The molecular weight excluding hydrogens is 441 g/mol. The van der Waals surface area contributed by atoms with Gasteiger partial charge in [0.05, 0.1) is 11.8 Å². The van der Waals surface area contributed by atoms with E-state index in [0.29, 0.717) is 23.4 Å². The minimum absolute atomic E-state index is 0.584. The van der Waals surface area contributed by atoms with Crippen molar-refractivity contribution in [1.29, 1.82) is 0 Å². The predicted octanol–water partition coefficient (Wildman–Crippen LogP) is 5.95. The third-order valence-corrected chi connectivity index (χ3v) is 6.19. The highest BCUT2D eigenvalue weighted by Gasteiger charge is 2.30. The van der Waals surface area contributed by atoms with E-state index in [1.807, 2.05) is 30.5 Å². The Morgan fingerprint density at radius 3 is 2.24 bits per heavy atom. The number of piperidine rings is 1. The Bertz CT molecular complexity index is 1240. The summed E-state index contributed by atoms with van der Waals surface area (Å²) in [7, 11) is 0. The quantitative estimate of drug-likeness (QED) is 0.352. The number of nitrogens with zero attached hydrogens (tertiary/aromatic N) is 4. The average Bonchev–Trinajstić information content (AvgIpc) is 3.28. The van der Waals surface area contributed by atoms with Gasteiger partial charge >= 0.3 is 6.18 Å². The minimum Gasteiger partial charge on any atom is -0.492 e. The molecule has 34 heavy (non-hydrogen) atoms. The molecule has 0 aliphatic carbocycles. The molecule has 1 fully saturated rings. The summed E-state index contributed by atoms with van der Waals surface area (Å²) >= 11 is 0. The summed E-state index contributed by atoms with van der Waals surface area (Å²) in [6, 6.07) is 12.9. The molecule has 4 aromatic rings. The van der Waals surface area contributed by atoms with E-state index in [9.17, 15) is 13.2 Å². The monoisotopic (exact) mass is 466 g/mol. The van der Waals surface area contributed by atoms with Crippen LogP contribution in [0.25, 0.3) is 27.9 Å². The molecule has 1 aliphatic rings. The molecule has 0 spiro atoms. The van der Waals surface area contributed by atoms with Gasteiger partial charge in [0.2, 0.25) is 0 Å². The molecular formula is C26H25F3N4O. The lowest BCUT2D eigenvalue weighted by atomic mass is 10.1. The van der Waals surface area contributed by atoms with Crippen molar-refractivity contribution in [3.8, 4) is 28.0 Å². The number of fused-ring (bicyclic) bond motifs is 1. The van der Waals surface area contributed by atoms with Gasteiger partial charge in [-0.1, -0.05) is 30.7 Å². The number of hydrogen-bond donors (Lipinski definition) is 0. The van der Waals surface area contributed by atoms with Crippen molar-refractivity contribution in [3.05, 3.63) is 72.7 Å². The molecule has 2 aromatic carbocycles. The van der Waals surface area contributed by atoms with Crippen LogP contribution in [0.5, 0.6) is 5.75 Å². The number of aromatic nitrogens is 3. The fourth-order valence-corrected chi connectivity index (χ4v) is 4.29. The molecule has 0 atom stereocenters. The van der Waals surface area contributed by atoms with Crippen LogP contribution in [0, 0.1) is 0 Å². The van der Waals surface area contributed by atoms with Crippen molar-refractivity contribution in [2.45, 2.75) is 25.4 Å². The van der Waals surface area contributed by atoms with Gasteiger partial charge in [0, 0.05) is 30.1 Å². The second-order valence-electron chi connectivity index (χ2n) is 8.52. The fraction of sp³-hybridized carbons (Fsp3) is 0.308. The number of ether oxygens (including phenoxy) is 1. The SMILES string of the molecule is FC(F)(F)c1ccc(-c2cnn3cc(-c4ccc(OCCN5CCCCC5)cc4)cnc23)cc1. The topological polar surface area (TPSA) is 42.7 Å². The van der Waals surface area contributed by atoms with E-state index in [1.165, 1.54) is 31.4 Å². The molecule has 0 radical (unpaired) electrons. The highest BCUT2D eigenvalue weighted by atomic mass is 19.4. The molecule has 0 amide bonds. The van der Waals surface area contributed by atoms with Crippen molar-refractivity contribution in [3.63, 3.8) is 0 Å². The molecule has 176 valence electrons. The number of rotatable bonds is 6. The molecule has 2 aromatic heterocycles. The van der Waals surface area contributed by atoms with Crippen molar-refractivity contribution < 1.29 is 17.9 Å². The highest BCUT2D eigenvalue weighted by Crippen LogP contribution is 2.32. The summed E-state index contributed by atoms with van der Waals surface area (Å²) < 4.78 is 46.1. The molecule has 0 bridgehead atoms. The van der Waals surface area contributed by atoms with Gasteiger partial charge in [-0.05, 0) is 61.3 Å². The molecule has 5 rings (SSSR count). The van der Waals surface area contributed by atoms with Gasteiger partial charge in [0.1, 0.15) is 12.4 Å². The van der Waals surface area contributed by atoms with E-state index in [4.69, 9.17) is 4.74 Å². The molecule has 3 heterocycles. The van der Waals surface area contributed by atoms with Gasteiger partial charge in [-0.15, -0.1) is 0 Å². The van der Waals surface area contributed by atoms with Crippen LogP contribution in [0.3, 0.4) is 0 Å². The van der Waals surface area contributed by atoms with Crippen molar-refractivity contribution in [2.75, 3.05) is 26.2 Å². The Kier molecular flexibility index (Phi) is 6.24. The first-order valence-corrected chi connectivity index (χ1v) is 11.4. The lowest BCUT2D eigenvalue weighted by Crippen LogP contribution is -2.33. The van der Waals surface area contributed by atoms with Gasteiger partial charge in [-0.3, -0.25) is 4.90 Å². The number of alkyl halides is 3. The molecule has 1 aliphatic heterocycles. The van der Waals surface area contributed by atoms with E-state index in [0.717, 1.165) is 48.6 Å². The summed E-state index contributed by atoms with van der Waals surface area (Å²) in [5.74, 6) is 0.832. The van der Waals surface area contributed by atoms with Crippen LogP contribution in [0.4, 0.5) is 13.2 Å². The maximum absolute atomic E-state index is 12.8. The third-order valence-electron chi connectivity index (χ3n) is 6.19. The van der Waals surface area contributed by atoms with Crippen molar-refractivity contribution in [1.82, 2.24) is 19.5 Å². The number of halogens is 3.